The van der Waals surface area contributed by atoms with Crippen molar-refractivity contribution in [1.29, 1.82) is 5.26 Å². The number of nitrogens with zero attached hydrogens (tertiary/aromatic N) is 1. The molecule has 2 aromatic carbocycles. The molecule has 1 fully saturated rings. The van der Waals surface area contributed by atoms with Crippen LogP contribution in [0.15, 0.2) is 70.3 Å². The Morgan fingerprint density at radius 2 is 1.74 bits per heavy atom. The number of nitriles is 1. The molecule has 0 spiro atoms. The van der Waals surface area contributed by atoms with Crippen LogP contribution >= 0.6 is 0 Å². The molecular formula is C25H19NO7S. The van der Waals surface area contributed by atoms with Crippen molar-refractivity contribution in [3.63, 3.8) is 0 Å². The molecule has 0 saturated heterocycles. The van der Waals surface area contributed by atoms with Crippen molar-refractivity contribution in [2.24, 2.45) is 17.8 Å². The predicted octanol–water partition coefficient (Wildman–Crippen LogP) is 3.41. The number of allylic oxidation sites excluding steroid dienone is 3. The lowest BCUT2D eigenvalue weighted by molar-refractivity contribution is -0.126. The second kappa shape index (κ2) is 7.85. The number of Topliss-reactive ketones (excluding diaryl/α,β-unsaturated/α-hetero) is 2. The van der Waals surface area contributed by atoms with Gasteiger partial charge in [0.15, 0.2) is 17.3 Å². The van der Waals surface area contributed by atoms with Gasteiger partial charge in [0.1, 0.15) is 28.1 Å². The van der Waals surface area contributed by atoms with Crippen LogP contribution in [0.25, 0.3) is 5.76 Å². The number of carbonyl (C=O) groups excluding carboxylic acids is 2. The number of rotatable bonds is 3. The third-order valence-corrected chi connectivity index (χ3v) is 7.95. The summed E-state index contributed by atoms with van der Waals surface area (Å²) in [4.78, 5) is 25.6. The number of benzene rings is 2. The molecule has 0 heterocycles. The fourth-order valence-corrected chi connectivity index (χ4v) is 6.20. The Hall–Kier alpha value is -3.90. The first kappa shape index (κ1) is 21.9. The number of aliphatic hydroxyl groups excluding tert-OH is 2. The van der Waals surface area contributed by atoms with Crippen molar-refractivity contribution in [3.05, 3.63) is 76.6 Å². The molecule has 8 nitrogen and oxygen atoms in total. The predicted molar refractivity (Wildman–Crippen MR) is 119 cm³/mol. The van der Waals surface area contributed by atoms with Gasteiger partial charge in [-0.3, -0.25) is 9.59 Å². The summed E-state index contributed by atoms with van der Waals surface area (Å²) < 4.78 is 30.9. The molecule has 2 N–H and O–H groups in total. The van der Waals surface area contributed by atoms with E-state index < -0.39 is 56.5 Å². The molecular weight excluding hydrogens is 458 g/mol. The molecule has 0 aliphatic heterocycles. The quantitative estimate of drug-likeness (QED) is 0.641. The molecule has 9 heteroatoms. The smallest absolute Gasteiger partial charge is 0.339 e. The maximum atomic E-state index is 13.4. The summed E-state index contributed by atoms with van der Waals surface area (Å²) in [6, 6.07) is 14.0. The van der Waals surface area contributed by atoms with Crippen LogP contribution in [0.3, 0.4) is 0 Å². The van der Waals surface area contributed by atoms with Gasteiger partial charge in [-0.1, -0.05) is 30.3 Å². The summed E-state index contributed by atoms with van der Waals surface area (Å²) in [6.07, 6.45) is 0.659. The second-order valence-corrected chi connectivity index (χ2v) is 10.2. The lowest BCUT2D eigenvalue weighted by Gasteiger charge is -2.40. The van der Waals surface area contributed by atoms with Crippen LogP contribution in [-0.2, 0) is 26.1 Å². The van der Waals surface area contributed by atoms with E-state index in [9.17, 15) is 33.5 Å². The topological polar surface area (TPSA) is 142 Å². The maximum absolute atomic E-state index is 13.4. The maximum Gasteiger partial charge on any atom is 0.339 e. The van der Waals surface area contributed by atoms with Gasteiger partial charge >= 0.3 is 10.1 Å². The van der Waals surface area contributed by atoms with Crippen LogP contribution in [0.4, 0.5) is 0 Å². The monoisotopic (exact) mass is 477 g/mol. The van der Waals surface area contributed by atoms with E-state index >= 15 is 0 Å². The Morgan fingerprint density at radius 1 is 1.00 bits per heavy atom. The normalized spacial score (nSPS) is 24.1. The number of hydrogen-bond donors (Lipinski definition) is 2. The molecule has 3 aliphatic rings. The van der Waals surface area contributed by atoms with Gasteiger partial charge in [0.2, 0.25) is 0 Å². The highest BCUT2D eigenvalue weighted by molar-refractivity contribution is 7.87. The summed E-state index contributed by atoms with van der Waals surface area (Å²) in [6.45, 7) is 0. The average Bonchev–Trinajstić information content (AvgIpc) is 2.79. The fourth-order valence-electron chi connectivity index (χ4n) is 5.24. The summed E-state index contributed by atoms with van der Waals surface area (Å²) in [5.74, 6) is -4.12. The van der Waals surface area contributed by atoms with Crippen LogP contribution in [0.2, 0.25) is 0 Å². The first-order chi connectivity index (χ1) is 16.2. The SMILES string of the molecule is N#CC1=C(O)C2C(=O)C3=C(O)c4c(cccc4OS(=O)(=O)c4ccccc4)CC3CC2CC1=O. The van der Waals surface area contributed by atoms with Gasteiger partial charge in [0, 0.05) is 12.0 Å². The summed E-state index contributed by atoms with van der Waals surface area (Å²) in [5, 5.41) is 30.9. The van der Waals surface area contributed by atoms with E-state index in [1.54, 1.807) is 36.4 Å². The zero-order valence-electron chi connectivity index (χ0n) is 17.8. The van der Waals surface area contributed by atoms with E-state index in [2.05, 4.69) is 0 Å². The Balaban J connectivity index is 1.60. The Bertz CT molecular complexity index is 1450. The largest absolute Gasteiger partial charge is 0.510 e. The molecule has 3 atom stereocenters. The minimum absolute atomic E-state index is 0.0285. The molecule has 3 unspecified atom stereocenters. The molecule has 0 amide bonds. The van der Waals surface area contributed by atoms with Crippen LogP contribution in [-0.4, -0.2) is 30.2 Å². The van der Waals surface area contributed by atoms with Gasteiger partial charge in [0.05, 0.1) is 11.5 Å². The van der Waals surface area contributed by atoms with E-state index in [4.69, 9.17) is 4.18 Å². The molecule has 34 heavy (non-hydrogen) atoms. The van der Waals surface area contributed by atoms with Crippen LogP contribution in [0.5, 0.6) is 5.75 Å². The zero-order valence-corrected chi connectivity index (χ0v) is 18.6. The molecule has 5 rings (SSSR count). The highest BCUT2D eigenvalue weighted by Crippen LogP contribution is 2.50. The highest BCUT2D eigenvalue weighted by atomic mass is 32.2. The van der Waals surface area contributed by atoms with Crippen molar-refractivity contribution in [1.82, 2.24) is 0 Å². The molecule has 2 aromatic rings. The van der Waals surface area contributed by atoms with Crippen LogP contribution in [0.1, 0.15) is 24.0 Å². The van der Waals surface area contributed by atoms with E-state index in [0.717, 1.165) is 0 Å². The van der Waals surface area contributed by atoms with Gasteiger partial charge in [-0.05, 0) is 48.4 Å². The van der Waals surface area contributed by atoms with E-state index in [0.29, 0.717) is 18.4 Å². The fraction of sp³-hybridized carbons (Fsp3) is 0.240. The standard InChI is InChI=1S/C25H19NO7S/c26-12-17-18(27)11-15-10-14-9-13-5-4-8-19(33-34(31,32)16-6-2-1-3-7-16)20(13)24(29)22(14)25(30)21(15)23(17)28/h1-8,14-15,21,28-29H,9-11H2. The van der Waals surface area contributed by atoms with Crippen LogP contribution < -0.4 is 4.18 Å². The molecule has 3 aliphatic carbocycles. The second-order valence-electron chi connectivity index (χ2n) is 8.64. The van der Waals surface area contributed by atoms with Crippen molar-refractivity contribution in [2.45, 2.75) is 24.2 Å². The molecule has 0 bridgehead atoms. The Kier molecular flexibility index (Phi) is 5.06. The number of fused-ring (bicyclic) bond motifs is 3. The van der Waals surface area contributed by atoms with Crippen LogP contribution in [0, 0.1) is 29.1 Å². The first-order valence-electron chi connectivity index (χ1n) is 10.7. The van der Waals surface area contributed by atoms with Gasteiger partial charge in [0.25, 0.3) is 0 Å². The lowest BCUT2D eigenvalue weighted by Crippen LogP contribution is -2.43. The minimum atomic E-state index is -4.20. The average molecular weight is 477 g/mol. The summed E-state index contributed by atoms with van der Waals surface area (Å²) in [7, 11) is -4.20. The first-order valence-corrected chi connectivity index (χ1v) is 12.1. The highest BCUT2D eigenvalue weighted by Gasteiger charge is 2.50. The van der Waals surface area contributed by atoms with E-state index in [1.165, 1.54) is 18.2 Å². The van der Waals surface area contributed by atoms with E-state index in [-0.39, 0.29) is 28.2 Å². The van der Waals surface area contributed by atoms with E-state index in [1.807, 2.05) is 0 Å². The number of aliphatic hydroxyl groups is 2. The summed E-state index contributed by atoms with van der Waals surface area (Å²) >= 11 is 0. The molecule has 1 saturated carbocycles. The number of carbonyl (C=O) groups is 2. The Morgan fingerprint density at radius 3 is 2.44 bits per heavy atom. The number of hydrogen-bond acceptors (Lipinski definition) is 8. The van der Waals surface area contributed by atoms with Gasteiger partial charge in [-0.2, -0.15) is 13.7 Å². The third kappa shape index (κ3) is 3.30. The summed E-state index contributed by atoms with van der Waals surface area (Å²) in [5.41, 5.74) is 0.344. The van der Waals surface area contributed by atoms with Crippen molar-refractivity contribution < 1.29 is 32.4 Å². The van der Waals surface area contributed by atoms with Crippen molar-refractivity contribution in [2.75, 3.05) is 0 Å². The van der Waals surface area contributed by atoms with Gasteiger partial charge in [-0.25, -0.2) is 0 Å². The van der Waals surface area contributed by atoms with Gasteiger partial charge < -0.3 is 14.4 Å². The van der Waals surface area contributed by atoms with Crippen molar-refractivity contribution >= 4 is 27.4 Å². The minimum Gasteiger partial charge on any atom is -0.510 e. The van der Waals surface area contributed by atoms with Crippen molar-refractivity contribution in [3.8, 4) is 11.8 Å². The Labute approximate surface area is 195 Å². The molecule has 0 aromatic heterocycles. The number of ketones is 2. The zero-order chi connectivity index (χ0) is 24.2. The molecule has 172 valence electrons. The third-order valence-electron chi connectivity index (χ3n) is 6.71. The van der Waals surface area contributed by atoms with Gasteiger partial charge in [-0.15, -0.1) is 0 Å². The lowest BCUT2D eigenvalue weighted by atomic mass is 9.62. The molecule has 0 radical (unpaired) electrons.